The number of phenols is 2. The van der Waals surface area contributed by atoms with Crippen LogP contribution in [0.25, 0.3) is 0 Å². The van der Waals surface area contributed by atoms with E-state index < -0.39 is 0 Å². The molecule has 1 rings (SSSR count). The van der Waals surface area contributed by atoms with Crippen LogP contribution in [-0.4, -0.2) is 10.2 Å². The van der Waals surface area contributed by atoms with E-state index in [-0.39, 0.29) is 0 Å². The number of phenolic OH excluding ortho intramolecular Hbond substituents is 2. The first-order valence-corrected chi connectivity index (χ1v) is 10.1. The number of benzene rings is 1. The molecule has 1 aromatic rings. The molecule has 154 valence electrons. The third-order valence-corrected chi connectivity index (χ3v) is 4.73. The molecule has 0 saturated carbocycles. The molecule has 2 N–H and O–H groups in total. The molecule has 0 amide bonds. The van der Waals surface area contributed by atoms with Gasteiger partial charge in [-0.25, -0.2) is 0 Å². The Labute approximate surface area is 172 Å². The molecule has 0 radical (unpaired) electrons. The molecule has 0 aliphatic heterocycles. The third-order valence-electron chi connectivity index (χ3n) is 4.73. The van der Waals surface area contributed by atoms with Gasteiger partial charge in [0.05, 0.1) is 0 Å². The summed E-state index contributed by atoms with van der Waals surface area (Å²) in [6, 6.07) is 0. The Hall–Kier alpha value is -2.22. The van der Waals surface area contributed by atoms with Gasteiger partial charge in [0, 0.05) is 22.3 Å². The third kappa shape index (κ3) is 7.07. The number of hydrogen-bond donors (Lipinski definition) is 2. The Kier molecular flexibility index (Phi) is 9.31. The molecule has 0 aliphatic rings. The van der Waals surface area contributed by atoms with Crippen LogP contribution in [0.15, 0.2) is 46.6 Å². The monoisotopic (exact) mass is 382 g/mol. The highest BCUT2D eigenvalue weighted by Gasteiger charge is 2.21. The van der Waals surface area contributed by atoms with Crippen molar-refractivity contribution in [3.05, 3.63) is 68.9 Å². The van der Waals surface area contributed by atoms with Crippen LogP contribution in [0, 0.1) is 0 Å². The zero-order chi connectivity index (χ0) is 21.4. The molecule has 2 nitrogen and oxygen atoms in total. The van der Waals surface area contributed by atoms with E-state index in [0.29, 0.717) is 37.2 Å². The minimum Gasteiger partial charge on any atom is -0.507 e. The minimum absolute atomic E-state index is 0.335. The highest BCUT2D eigenvalue weighted by molar-refractivity contribution is 5.60. The first-order valence-electron chi connectivity index (χ1n) is 10.1. The summed E-state index contributed by atoms with van der Waals surface area (Å²) < 4.78 is 0. The second kappa shape index (κ2) is 10.9. The van der Waals surface area contributed by atoms with Crippen molar-refractivity contribution in [1.29, 1.82) is 0 Å². The molecule has 0 saturated heterocycles. The molecule has 0 spiro atoms. The van der Waals surface area contributed by atoms with Crippen LogP contribution in [-0.2, 0) is 25.7 Å². The average molecular weight is 383 g/mol. The van der Waals surface area contributed by atoms with Crippen molar-refractivity contribution < 1.29 is 10.2 Å². The van der Waals surface area contributed by atoms with Gasteiger partial charge < -0.3 is 10.2 Å². The van der Waals surface area contributed by atoms with Crippen LogP contribution in [0.5, 0.6) is 11.5 Å². The maximum Gasteiger partial charge on any atom is 0.123 e. The van der Waals surface area contributed by atoms with Crippen LogP contribution >= 0.6 is 0 Å². The van der Waals surface area contributed by atoms with Crippen molar-refractivity contribution >= 4 is 0 Å². The van der Waals surface area contributed by atoms with Gasteiger partial charge >= 0.3 is 0 Å². The summed E-state index contributed by atoms with van der Waals surface area (Å²) in [5.74, 6) is 0.671. The first-order chi connectivity index (χ1) is 13.0. The molecule has 0 heterocycles. The molecule has 28 heavy (non-hydrogen) atoms. The summed E-state index contributed by atoms with van der Waals surface area (Å²) in [7, 11) is 0. The Bertz CT molecular complexity index is 667. The Morgan fingerprint density at radius 3 is 0.786 bits per heavy atom. The summed E-state index contributed by atoms with van der Waals surface area (Å²) in [6.07, 6.45) is 10.9. The molecule has 0 aromatic heterocycles. The molecule has 0 unspecified atom stereocenters. The normalized spacial score (nSPS) is 10.3. The van der Waals surface area contributed by atoms with E-state index in [1.807, 2.05) is 0 Å². The van der Waals surface area contributed by atoms with Gasteiger partial charge in [0.15, 0.2) is 0 Å². The van der Waals surface area contributed by atoms with Gasteiger partial charge in [-0.15, -0.1) is 0 Å². The summed E-state index contributed by atoms with van der Waals surface area (Å²) in [5.41, 5.74) is 8.17. The van der Waals surface area contributed by atoms with E-state index in [1.165, 1.54) is 22.3 Å². The van der Waals surface area contributed by atoms with E-state index >= 15 is 0 Å². The van der Waals surface area contributed by atoms with Gasteiger partial charge in [-0.3, -0.25) is 0 Å². The summed E-state index contributed by atoms with van der Waals surface area (Å²) in [6.45, 7) is 16.4. The lowest BCUT2D eigenvalue weighted by atomic mass is 9.88. The maximum absolute atomic E-state index is 11.2. The fraction of sp³-hybridized carbons (Fsp3) is 0.462. The van der Waals surface area contributed by atoms with E-state index in [2.05, 4.69) is 79.7 Å². The minimum atomic E-state index is 0.335. The molecule has 0 fully saturated rings. The molecular formula is C26H38O2. The predicted octanol–water partition coefficient (Wildman–Crippen LogP) is 7.13. The fourth-order valence-electron chi connectivity index (χ4n) is 3.04. The molecule has 1 aromatic carbocycles. The number of allylic oxidation sites excluding steroid dienone is 8. The largest absolute Gasteiger partial charge is 0.507 e. The van der Waals surface area contributed by atoms with E-state index in [9.17, 15) is 10.2 Å². The molecule has 0 bridgehead atoms. The van der Waals surface area contributed by atoms with Crippen molar-refractivity contribution in [2.75, 3.05) is 0 Å². The van der Waals surface area contributed by atoms with Gasteiger partial charge in [0.1, 0.15) is 11.5 Å². The topological polar surface area (TPSA) is 40.5 Å². The van der Waals surface area contributed by atoms with E-state index in [1.54, 1.807) is 0 Å². The number of rotatable bonds is 8. The summed E-state index contributed by atoms with van der Waals surface area (Å²) >= 11 is 0. The Morgan fingerprint density at radius 2 is 0.643 bits per heavy atom. The van der Waals surface area contributed by atoms with Gasteiger partial charge in [0.25, 0.3) is 0 Å². The molecule has 2 heteroatoms. The average Bonchev–Trinajstić information content (AvgIpc) is 2.57. The summed E-state index contributed by atoms with van der Waals surface area (Å²) in [4.78, 5) is 0. The number of aromatic hydroxyl groups is 2. The lowest BCUT2D eigenvalue weighted by molar-refractivity contribution is 0.441. The number of hydrogen-bond acceptors (Lipinski definition) is 2. The summed E-state index contributed by atoms with van der Waals surface area (Å²) in [5, 5.41) is 22.4. The van der Waals surface area contributed by atoms with Crippen molar-refractivity contribution in [2.24, 2.45) is 0 Å². The first kappa shape index (κ1) is 23.8. The smallest absolute Gasteiger partial charge is 0.123 e. The maximum atomic E-state index is 11.2. The van der Waals surface area contributed by atoms with Gasteiger partial charge in [-0.1, -0.05) is 46.6 Å². The SMILES string of the molecule is CC(C)=CCc1c(O)c(CC=C(C)C)c(CC=C(C)C)c(O)c1CC=C(C)C. The molecule has 0 aliphatic carbocycles. The van der Waals surface area contributed by atoms with Crippen molar-refractivity contribution in [3.63, 3.8) is 0 Å². The Balaban J connectivity index is 3.75. The van der Waals surface area contributed by atoms with Crippen molar-refractivity contribution in [3.8, 4) is 11.5 Å². The van der Waals surface area contributed by atoms with Crippen LogP contribution < -0.4 is 0 Å². The fourth-order valence-corrected chi connectivity index (χ4v) is 3.04. The van der Waals surface area contributed by atoms with Gasteiger partial charge in [-0.2, -0.15) is 0 Å². The van der Waals surface area contributed by atoms with Crippen molar-refractivity contribution in [1.82, 2.24) is 0 Å². The molecular weight excluding hydrogens is 344 g/mol. The highest BCUT2D eigenvalue weighted by Crippen LogP contribution is 2.40. The van der Waals surface area contributed by atoms with Crippen molar-refractivity contribution in [2.45, 2.75) is 81.1 Å². The van der Waals surface area contributed by atoms with E-state index in [0.717, 1.165) is 22.3 Å². The van der Waals surface area contributed by atoms with Crippen LogP contribution in [0.3, 0.4) is 0 Å². The lowest BCUT2D eigenvalue weighted by Gasteiger charge is -2.20. The zero-order valence-electron chi connectivity index (χ0n) is 19.0. The Morgan fingerprint density at radius 1 is 0.464 bits per heavy atom. The standard InChI is InChI=1S/C26H38O2/c1-17(2)9-13-21-22(14-10-18(3)4)26(28)24(16-12-20(7)8)23(25(21)27)15-11-19(5)6/h9-12,27-28H,13-16H2,1-8H3. The van der Waals surface area contributed by atoms with Gasteiger partial charge in [0.2, 0.25) is 0 Å². The predicted molar refractivity (Wildman–Crippen MR) is 122 cm³/mol. The van der Waals surface area contributed by atoms with Crippen LogP contribution in [0.1, 0.15) is 77.6 Å². The highest BCUT2D eigenvalue weighted by atomic mass is 16.3. The quantitative estimate of drug-likeness (QED) is 0.371. The molecule has 0 atom stereocenters. The lowest BCUT2D eigenvalue weighted by Crippen LogP contribution is -2.04. The second-order valence-electron chi connectivity index (χ2n) is 8.55. The van der Waals surface area contributed by atoms with Crippen LogP contribution in [0.2, 0.25) is 0 Å². The second-order valence-corrected chi connectivity index (χ2v) is 8.55. The van der Waals surface area contributed by atoms with Crippen LogP contribution in [0.4, 0.5) is 0 Å². The van der Waals surface area contributed by atoms with E-state index in [4.69, 9.17) is 0 Å². The zero-order valence-corrected chi connectivity index (χ0v) is 19.0. The van der Waals surface area contributed by atoms with Gasteiger partial charge in [-0.05, 0) is 81.1 Å².